The summed E-state index contributed by atoms with van der Waals surface area (Å²) in [7, 11) is 1.55. The maximum absolute atomic E-state index is 12.6. The summed E-state index contributed by atoms with van der Waals surface area (Å²) in [5.74, 6) is 0.840. The van der Waals surface area contributed by atoms with Crippen LogP contribution in [0.2, 0.25) is 0 Å². The lowest BCUT2D eigenvalue weighted by Gasteiger charge is -2.30. The van der Waals surface area contributed by atoms with E-state index in [1.807, 2.05) is 0 Å². The lowest BCUT2D eigenvalue weighted by atomic mass is 9.99. The van der Waals surface area contributed by atoms with Crippen LogP contribution in [0.3, 0.4) is 0 Å². The van der Waals surface area contributed by atoms with Gasteiger partial charge in [-0.05, 0) is 37.0 Å². The normalized spacial score (nSPS) is 18.5. The predicted molar refractivity (Wildman–Crippen MR) is 83.3 cm³/mol. The zero-order valence-corrected chi connectivity index (χ0v) is 12.8. The quantitative estimate of drug-likeness (QED) is 0.800. The number of carbonyl (C=O) groups excluding carboxylic acids is 1. The van der Waals surface area contributed by atoms with E-state index in [9.17, 15) is 9.59 Å². The van der Waals surface area contributed by atoms with Gasteiger partial charge in [-0.1, -0.05) is 6.92 Å². The minimum absolute atomic E-state index is 0.103. The number of benzene rings is 1. The number of fused-ring (bicyclic) bond motifs is 1. The molecule has 1 aliphatic heterocycles. The fourth-order valence-corrected chi connectivity index (χ4v) is 2.91. The molecule has 0 spiro atoms. The third-order valence-electron chi connectivity index (χ3n) is 4.12. The van der Waals surface area contributed by atoms with Crippen LogP contribution in [0, 0.1) is 5.92 Å². The van der Waals surface area contributed by atoms with E-state index in [2.05, 4.69) is 6.92 Å². The molecule has 1 saturated heterocycles. The highest BCUT2D eigenvalue weighted by molar-refractivity contribution is 5.96. The molecule has 3 rings (SSSR count). The van der Waals surface area contributed by atoms with Gasteiger partial charge in [-0.3, -0.25) is 4.79 Å². The van der Waals surface area contributed by atoms with E-state index >= 15 is 0 Å². The molecular formula is C17H19NO4. The summed E-state index contributed by atoms with van der Waals surface area (Å²) in [5, 5.41) is 0.716. The maximum atomic E-state index is 12.6. The van der Waals surface area contributed by atoms with Crippen LogP contribution in [0.15, 0.2) is 33.5 Å². The molecule has 1 aliphatic rings. The molecule has 22 heavy (non-hydrogen) atoms. The Morgan fingerprint density at radius 2 is 2.18 bits per heavy atom. The zero-order valence-electron chi connectivity index (χ0n) is 12.8. The molecule has 116 valence electrons. The molecule has 0 aliphatic carbocycles. The topological polar surface area (TPSA) is 59.8 Å². The Morgan fingerprint density at radius 1 is 1.36 bits per heavy atom. The van der Waals surface area contributed by atoms with Gasteiger partial charge < -0.3 is 14.1 Å². The molecule has 0 N–H and O–H groups in total. The van der Waals surface area contributed by atoms with Crippen molar-refractivity contribution in [2.24, 2.45) is 5.92 Å². The number of carbonyl (C=O) groups is 1. The first-order valence-corrected chi connectivity index (χ1v) is 7.49. The number of methoxy groups -OCH3 is 1. The predicted octanol–water partition coefficient (Wildman–Crippen LogP) is 2.67. The van der Waals surface area contributed by atoms with Crippen molar-refractivity contribution in [2.75, 3.05) is 20.2 Å². The van der Waals surface area contributed by atoms with Crippen molar-refractivity contribution >= 4 is 16.9 Å². The van der Waals surface area contributed by atoms with Crippen LogP contribution in [0.4, 0.5) is 0 Å². The van der Waals surface area contributed by atoms with Gasteiger partial charge in [-0.15, -0.1) is 0 Å². The highest BCUT2D eigenvalue weighted by Crippen LogP contribution is 2.22. The van der Waals surface area contributed by atoms with Crippen LogP contribution >= 0.6 is 0 Å². The monoisotopic (exact) mass is 301 g/mol. The number of ether oxygens (including phenoxy) is 1. The molecule has 1 fully saturated rings. The maximum Gasteiger partial charge on any atom is 0.349 e. The smallest absolute Gasteiger partial charge is 0.349 e. The highest BCUT2D eigenvalue weighted by Gasteiger charge is 2.24. The Hall–Kier alpha value is -2.30. The number of piperidine rings is 1. The van der Waals surface area contributed by atoms with Crippen molar-refractivity contribution in [2.45, 2.75) is 19.8 Å². The van der Waals surface area contributed by atoms with E-state index in [0.717, 1.165) is 12.8 Å². The van der Waals surface area contributed by atoms with Crippen molar-refractivity contribution in [3.05, 3.63) is 40.2 Å². The average Bonchev–Trinajstić information content (AvgIpc) is 2.53. The molecule has 5 nitrogen and oxygen atoms in total. The van der Waals surface area contributed by atoms with Crippen molar-refractivity contribution < 1.29 is 13.9 Å². The largest absolute Gasteiger partial charge is 0.497 e. The fraction of sp³-hybridized carbons (Fsp3) is 0.412. The van der Waals surface area contributed by atoms with E-state index in [4.69, 9.17) is 9.15 Å². The van der Waals surface area contributed by atoms with E-state index < -0.39 is 5.63 Å². The summed E-state index contributed by atoms with van der Waals surface area (Å²) < 4.78 is 10.4. The summed E-state index contributed by atoms with van der Waals surface area (Å²) in [6.45, 7) is 3.51. The molecule has 0 bridgehead atoms. The van der Waals surface area contributed by atoms with Crippen LogP contribution in [0.5, 0.6) is 5.75 Å². The molecular weight excluding hydrogens is 282 g/mol. The zero-order chi connectivity index (χ0) is 15.7. The molecule has 1 aromatic carbocycles. The number of hydrogen-bond donors (Lipinski definition) is 0. The van der Waals surface area contributed by atoms with Gasteiger partial charge in [0.15, 0.2) is 0 Å². The van der Waals surface area contributed by atoms with Crippen LogP contribution < -0.4 is 10.4 Å². The Bertz CT molecular complexity index is 765. The van der Waals surface area contributed by atoms with E-state index in [1.54, 1.807) is 36.3 Å². The molecule has 1 amide bonds. The standard InChI is InChI=1S/C17H19NO4/c1-11-4-3-7-18(10-11)16(19)14-8-12-5-6-13(21-2)9-15(12)22-17(14)20/h5-6,8-9,11H,3-4,7,10H2,1-2H3. The van der Waals surface area contributed by atoms with Gasteiger partial charge >= 0.3 is 5.63 Å². The first kappa shape index (κ1) is 14.6. The van der Waals surface area contributed by atoms with Crippen molar-refractivity contribution in [3.63, 3.8) is 0 Å². The van der Waals surface area contributed by atoms with Crippen LogP contribution in [-0.4, -0.2) is 31.0 Å². The molecule has 1 atom stereocenters. The van der Waals surface area contributed by atoms with E-state index in [-0.39, 0.29) is 11.5 Å². The third-order valence-corrected chi connectivity index (χ3v) is 4.12. The molecule has 2 aromatic rings. The minimum Gasteiger partial charge on any atom is -0.497 e. The molecule has 2 heterocycles. The molecule has 5 heteroatoms. The van der Waals surface area contributed by atoms with E-state index in [1.165, 1.54) is 0 Å². The van der Waals surface area contributed by atoms with Gasteiger partial charge in [0.05, 0.1) is 7.11 Å². The number of hydrogen-bond acceptors (Lipinski definition) is 4. The lowest BCUT2D eigenvalue weighted by molar-refractivity contribution is 0.0679. The average molecular weight is 301 g/mol. The number of amides is 1. The van der Waals surface area contributed by atoms with Gasteiger partial charge in [0, 0.05) is 24.5 Å². The second kappa shape index (κ2) is 5.83. The van der Waals surface area contributed by atoms with Crippen LogP contribution in [0.1, 0.15) is 30.1 Å². The number of nitrogens with zero attached hydrogens (tertiary/aromatic N) is 1. The Labute approximate surface area is 128 Å². The van der Waals surface area contributed by atoms with Crippen molar-refractivity contribution in [1.29, 1.82) is 0 Å². The highest BCUT2D eigenvalue weighted by atomic mass is 16.5. The Morgan fingerprint density at radius 3 is 2.91 bits per heavy atom. The number of rotatable bonds is 2. The third kappa shape index (κ3) is 2.71. The van der Waals surface area contributed by atoms with Gasteiger partial charge in [0.25, 0.3) is 5.91 Å². The second-order valence-corrected chi connectivity index (χ2v) is 5.85. The van der Waals surface area contributed by atoms with Gasteiger partial charge in [-0.25, -0.2) is 4.79 Å². The molecule has 1 aromatic heterocycles. The summed E-state index contributed by atoms with van der Waals surface area (Å²) >= 11 is 0. The number of likely N-dealkylation sites (tertiary alicyclic amines) is 1. The fourth-order valence-electron chi connectivity index (χ4n) is 2.91. The van der Waals surface area contributed by atoms with Gasteiger partial charge in [-0.2, -0.15) is 0 Å². The molecule has 1 unspecified atom stereocenters. The SMILES string of the molecule is COc1ccc2cc(C(=O)N3CCCC(C)C3)c(=O)oc2c1. The lowest BCUT2D eigenvalue weighted by Crippen LogP contribution is -2.40. The van der Waals surface area contributed by atoms with Gasteiger partial charge in [0.2, 0.25) is 0 Å². The van der Waals surface area contributed by atoms with Crippen LogP contribution in [0.25, 0.3) is 11.0 Å². The summed E-state index contributed by atoms with van der Waals surface area (Å²) in [5.41, 5.74) is -0.0661. The Balaban J connectivity index is 1.98. The summed E-state index contributed by atoms with van der Waals surface area (Å²) in [6, 6.07) is 6.82. The first-order valence-electron chi connectivity index (χ1n) is 7.49. The van der Waals surface area contributed by atoms with Crippen molar-refractivity contribution in [3.8, 4) is 5.75 Å². The van der Waals surface area contributed by atoms with E-state index in [0.29, 0.717) is 35.7 Å². The first-order chi connectivity index (χ1) is 10.6. The van der Waals surface area contributed by atoms with Crippen LogP contribution in [-0.2, 0) is 0 Å². The second-order valence-electron chi connectivity index (χ2n) is 5.85. The van der Waals surface area contributed by atoms with Gasteiger partial charge in [0.1, 0.15) is 16.9 Å². The molecule has 0 radical (unpaired) electrons. The Kier molecular flexibility index (Phi) is 3.88. The minimum atomic E-state index is -0.594. The van der Waals surface area contributed by atoms with Crippen molar-refractivity contribution in [1.82, 2.24) is 4.90 Å². The summed E-state index contributed by atoms with van der Waals surface area (Å²) in [4.78, 5) is 26.5. The summed E-state index contributed by atoms with van der Waals surface area (Å²) in [6.07, 6.45) is 2.10. The molecule has 0 saturated carbocycles.